The van der Waals surface area contributed by atoms with E-state index < -0.39 is 49.5 Å². The molecule has 7 unspecified atom stereocenters. The first kappa shape index (κ1) is 50.4. The Morgan fingerprint density at radius 3 is 1.75 bits per heavy atom. The molecule has 1 fully saturated rings. The number of amides is 1. The fourth-order valence-corrected chi connectivity index (χ4v) is 6.03. The van der Waals surface area contributed by atoms with E-state index in [9.17, 15) is 30.3 Å². The number of allylic oxidation sites excluding steroid dienone is 13. The smallest absolute Gasteiger partial charge is 0.220 e. The zero-order valence-corrected chi connectivity index (χ0v) is 34.1. The van der Waals surface area contributed by atoms with Crippen LogP contribution in [0.25, 0.3) is 0 Å². The molecule has 0 spiro atoms. The Bertz CT molecular complexity index is 1130. The molecule has 1 aliphatic heterocycles. The van der Waals surface area contributed by atoms with E-state index >= 15 is 0 Å². The number of ether oxygens (including phenoxy) is 2. The van der Waals surface area contributed by atoms with E-state index in [0.717, 1.165) is 57.8 Å². The molecular formula is C46H77NO8. The summed E-state index contributed by atoms with van der Waals surface area (Å²) in [6.45, 7) is 3.57. The summed E-state index contributed by atoms with van der Waals surface area (Å²) in [5.74, 6) is -0.248. The van der Waals surface area contributed by atoms with Gasteiger partial charge in [-0.25, -0.2) is 0 Å². The summed E-state index contributed by atoms with van der Waals surface area (Å²) in [6.07, 6.45) is 42.0. The van der Waals surface area contributed by atoms with Gasteiger partial charge in [0.25, 0.3) is 0 Å². The van der Waals surface area contributed by atoms with Crippen LogP contribution in [0, 0.1) is 0 Å². The van der Waals surface area contributed by atoms with E-state index in [2.05, 4.69) is 92.1 Å². The Balaban J connectivity index is 2.49. The molecule has 1 aliphatic rings. The molecule has 0 aromatic carbocycles. The number of hydrogen-bond acceptors (Lipinski definition) is 8. The maximum absolute atomic E-state index is 12.9. The van der Waals surface area contributed by atoms with Crippen molar-refractivity contribution in [2.75, 3.05) is 13.2 Å². The largest absolute Gasteiger partial charge is 0.394 e. The van der Waals surface area contributed by atoms with Crippen molar-refractivity contribution in [3.8, 4) is 0 Å². The van der Waals surface area contributed by atoms with Crippen LogP contribution in [-0.2, 0) is 14.3 Å². The third kappa shape index (κ3) is 26.8. The molecular weight excluding hydrogens is 695 g/mol. The van der Waals surface area contributed by atoms with Crippen molar-refractivity contribution in [3.63, 3.8) is 0 Å². The molecule has 6 N–H and O–H groups in total. The minimum Gasteiger partial charge on any atom is -0.394 e. The van der Waals surface area contributed by atoms with Crippen LogP contribution in [0.3, 0.4) is 0 Å². The van der Waals surface area contributed by atoms with Crippen molar-refractivity contribution >= 4 is 5.91 Å². The lowest BCUT2D eigenvalue weighted by molar-refractivity contribution is -0.302. The van der Waals surface area contributed by atoms with Crippen LogP contribution in [0.2, 0.25) is 0 Å². The normalized spacial score (nSPS) is 22.2. The van der Waals surface area contributed by atoms with Gasteiger partial charge in [-0.1, -0.05) is 150 Å². The van der Waals surface area contributed by atoms with Crippen molar-refractivity contribution in [1.82, 2.24) is 5.32 Å². The summed E-state index contributed by atoms with van der Waals surface area (Å²) >= 11 is 0. The van der Waals surface area contributed by atoms with E-state index in [1.54, 1.807) is 6.08 Å². The molecule has 0 saturated carbocycles. The highest BCUT2D eigenvalue weighted by Crippen LogP contribution is 2.22. The van der Waals surface area contributed by atoms with Gasteiger partial charge in [-0.3, -0.25) is 4.79 Å². The van der Waals surface area contributed by atoms with E-state index in [1.165, 1.54) is 57.8 Å². The van der Waals surface area contributed by atoms with Crippen LogP contribution in [0.5, 0.6) is 0 Å². The van der Waals surface area contributed by atoms with Crippen molar-refractivity contribution in [3.05, 3.63) is 85.1 Å². The van der Waals surface area contributed by atoms with Gasteiger partial charge in [0.05, 0.1) is 25.4 Å². The zero-order chi connectivity index (χ0) is 40.2. The van der Waals surface area contributed by atoms with Crippen molar-refractivity contribution in [2.45, 2.75) is 185 Å². The Hall–Kier alpha value is -2.63. The summed E-state index contributed by atoms with van der Waals surface area (Å²) < 4.78 is 11.1. The lowest BCUT2D eigenvalue weighted by atomic mass is 9.99. The van der Waals surface area contributed by atoms with Crippen LogP contribution >= 0.6 is 0 Å². The average Bonchev–Trinajstić information content (AvgIpc) is 3.18. The van der Waals surface area contributed by atoms with Crippen LogP contribution in [0.4, 0.5) is 0 Å². The second kappa shape index (κ2) is 35.8. The van der Waals surface area contributed by atoms with Gasteiger partial charge in [-0.2, -0.15) is 0 Å². The standard InChI is InChI=1S/C46H77NO8/c1-3-5-7-9-11-13-15-17-19-20-22-24-26-28-30-32-34-36-42(50)47-39(38-54-46-45(53)44(52)43(51)41(37-48)55-46)40(49)35-33-31-29-27-25-23-21-18-16-14-12-10-8-6-4-2/h5,7,11,13,17,19,22,24-25,27-28,30,33,35,39-41,43-46,48-49,51-53H,3-4,6,8-10,12,14-16,18,20-21,23,26,29,31-32,34,36-38H2,1-2H3,(H,47,50)/b7-5-,13-11-,19-17-,24-22-,27-25+,30-28-,35-33+. The second-order valence-electron chi connectivity index (χ2n) is 14.4. The van der Waals surface area contributed by atoms with Crippen molar-refractivity contribution < 1.29 is 39.8 Å². The predicted octanol–water partition coefficient (Wildman–Crippen LogP) is 8.38. The minimum absolute atomic E-state index is 0.229. The number of carbonyl (C=O) groups excluding carboxylic acids is 1. The molecule has 1 rings (SSSR count). The van der Waals surface area contributed by atoms with Crippen molar-refractivity contribution in [2.24, 2.45) is 0 Å². The lowest BCUT2D eigenvalue weighted by Crippen LogP contribution is -2.60. The number of carbonyl (C=O) groups is 1. The molecule has 9 nitrogen and oxygen atoms in total. The van der Waals surface area contributed by atoms with E-state index in [-0.39, 0.29) is 18.9 Å². The molecule has 0 aromatic heterocycles. The average molecular weight is 772 g/mol. The number of aliphatic hydroxyl groups excluding tert-OH is 5. The Morgan fingerprint density at radius 1 is 0.636 bits per heavy atom. The van der Waals surface area contributed by atoms with Gasteiger partial charge < -0.3 is 40.3 Å². The summed E-state index contributed by atoms with van der Waals surface area (Å²) in [5.41, 5.74) is 0. The Kier molecular flexibility index (Phi) is 32.8. The molecule has 1 amide bonds. The summed E-state index contributed by atoms with van der Waals surface area (Å²) in [6, 6.07) is -0.855. The highest BCUT2D eigenvalue weighted by Gasteiger charge is 2.44. The molecule has 9 heteroatoms. The molecule has 7 atom stereocenters. The van der Waals surface area contributed by atoms with Crippen LogP contribution < -0.4 is 5.32 Å². The molecule has 0 radical (unpaired) electrons. The second-order valence-corrected chi connectivity index (χ2v) is 14.4. The number of aliphatic hydroxyl groups is 5. The Labute approximate surface area is 333 Å². The predicted molar refractivity (Wildman–Crippen MR) is 225 cm³/mol. The Morgan fingerprint density at radius 2 is 1.15 bits per heavy atom. The monoisotopic (exact) mass is 772 g/mol. The maximum atomic E-state index is 12.9. The summed E-state index contributed by atoms with van der Waals surface area (Å²) in [5, 5.41) is 54.0. The molecule has 0 aliphatic carbocycles. The summed E-state index contributed by atoms with van der Waals surface area (Å²) in [7, 11) is 0. The van der Waals surface area contributed by atoms with Crippen molar-refractivity contribution in [1.29, 1.82) is 0 Å². The maximum Gasteiger partial charge on any atom is 0.220 e. The quantitative estimate of drug-likeness (QED) is 0.0288. The third-order valence-corrected chi connectivity index (χ3v) is 9.45. The molecule has 314 valence electrons. The molecule has 0 aromatic rings. The fraction of sp³-hybridized carbons (Fsp3) is 0.674. The van der Waals surface area contributed by atoms with Gasteiger partial charge in [0.15, 0.2) is 6.29 Å². The molecule has 1 heterocycles. The number of nitrogens with one attached hydrogen (secondary N) is 1. The van der Waals surface area contributed by atoms with Gasteiger partial charge in [-0.05, 0) is 70.6 Å². The van der Waals surface area contributed by atoms with Gasteiger partial charge in [-0.15, -0.1) is 0 Å². The van der Waals surface area contributed by atoms with E-state index in [4.69, 9.17) is 9.47 Å². The summed E-state index contributed by atoms with van der Waals surface area (Å²) in [4.78, 5) is 12.9. The van der Waals surface area contributed by atoms with Crippen LogP contribution in [-0.4, -0.2) is 87.5 Å². The van der Waals surface area contributed by atoms with E-state index in [0.29, 0.717) is 6.42 Å². The zero-order valence-electron chi connectivity index (χ0n) is 34.1. The van der Waals surface area contributed by atoms with Gasteiger partial charge in [0.1, 0.15) is 24.4 Å². The highest BCUT2D eigenvalue weighted by molar-refractivity contribution is 5.76. The highest BCUT2D eigenvalue weighted by atomic mass is 16.7. The van der Waals surface area contributed by atoms with Crippen LogP contribution in [0.1, 0.15) is 142 Å². The molecule has 1 saturated heterocycles. The first-order chi connectivity index (χ1) is 26.8. The lowest BCUT2D eigenvalue weighted by Gasteiger charge is -2.40. The SMILES string of the molecule is CC/C=C\C/C=C\C/C=C\C/C=C\C/C=C\CCCC(=O)NC(COC1OC(CO)C(O)C(O)C1O)C(O)/C=C/CC/C=C/CCCCCCCCCCC. The number of hydrogen-bond donors (Lipinski definition) is 6. The molecule has 0 bridgehead atoms. The van der Waals surface area contributed by atoms with Gasteiger partial charge >= 0.3 is 0 Å². The van der Waals surface area contributed by atoms with Gasteiger partial charge in [0.2, 0.25) is 5.91 Å². The third-order valence-electron chi connectivity index (χ3n) is 9.45. The topological polar surface area (TPSA) is 149 Å². The fourth-order valence-electron chi connectivity index (χ4n) is 6.03. The van der Waals surface area contributed by atoms with Gasteiger partial charge in [0, 0.05) is 6.42 Å². The molecule has 55 heavy (non-hydrogen) atoms. The minimum atomic E-state index is -1.59. The number of rotatable bonds is 33. The van der Waals surface area contributed by atoms with E-state index in [1.807, 2.05) is 6.08 Å². The first-order valence-corrected chi connectivity index (χ1v) is 21.3. The van der Waals surface area contributed by atoms with Crippen LogP contribution in [0.15, 0.2) is 85.1 Å². The number of unbranched alkanes of at least 4 members (excludes halogenated alkanes) is 11. The first-order valence-electron chi connectivity index (χ1n) is 21.3.